The second-order valence-electron chi connectivity index (χ2n) is 23.7. The third kappa shape index (κ3) is 6.44. The van der Waals surface area contributed by atoms with Gasteiger partial charge in [-0.1, -0.05) is 81.6 Å². The van der Waals surface area contributed by atoms with Crippen molar-refractivity contribution in [1.29, 1.82) is 0 Å². The van der Waals surface area contributed by atoms with E-state index in [2.05, 4.69) is 55.4 Å². The summed E-state index contributed by atoms with van der Waals surface area (Å²) in [4.78, 5) is 66.4. The van der Waals surface area contributed by atoms with Crippen LogP contribution in [0.4, 0.5) is 0 Å². The largest absolute Gasteiger partial charge is 0.459 e. The molecule has 1 N–H and O–H groups in total. The van der Waals surface area contributed by atoms with Crippen LogP contribution in [0.5, 0.6) is 0 Å². The summed E-state index contributed by atoms with van der Waals surface area (Å²) in [5.74, 6) is -2.93. The first-order chi connectivity index (χ1) is 30.2. The van der Waals surface area contributed by atoms with E-state index in [1.807, 2.05) is 13.0 Å². The lowest BCUT2D eigenvalue weighted by Crippen LogP contribution is -2.67. The van der Waals surface area contributed by atoms with Gasteiger partial charge < -0.3 is 43.0 Å². The van der Waals surface area contributed by atoms with Gasteiger partial charge in [-0.2, -0.15) is 0 Å². The van der Waals surface area contributed by atoms with Crippen LogP contribution in [0.2, 0.25) is 0 Å². The highest BCUT2D eigenvalue weighted by Crippen LogP contribution is 2.71. The van der Waals surface area contributed by atoms with Gasteiger partial charge in [0.05, 0.1) is 0 Å². The first-order valence-electron chi connectivity index (χ1n) is 23.9. The van der Waals surface area contributed by atoms with E-state index < -0.39 is 106 Å². The molecule has 9 aliphatic rings. The Balaban J connectivity index is 1.21. The van der Waals surface area contributed by atoms with Crippen molar-refractivity contribution in [2.24, 2.45) is 50.2 Å². The third-order valence-electron chi connectivity index (χ3n) is 18.5. The van der Waals surface area contributed by atoms with Crippen molar-refractivity contribution in [3.05, 3.63) is 34.4 Å². The summed E-state index contributed by atoms with van der Waals surface area (Å²) in [7, 11) is 0. The fraction of sp³-hybridized carbons (Fsp3) is 0.784. The quantitative estimate of drug-likeness (QED) is 0.118. The maximum Gasteiger partial charge on any atom is 0.335 e. The first-order valence-corrected chi connectivity index (χ1v) is 23.9. The van der Waals surface area contributed by atoms with Gasteiger partial charge in [0.1, 0.15) is 31.0 Å². The number of hydrogen-bond acceptors (Lipinski definition) is 14. The zero-order valence-corrected chi connectivity index (χ0v) is 40.3. The van der Waals surface area contributed by atoms with Crippen molar-refractivity contribution in [3.63, 3.8) is 0 Å². The molecule has 1 spiro atoms. The predicted octanol–water partition coefficient (Wildman–Crippen LogP) is 7.14. The van der Waals surface area contributed by atoms with Crippen LogP contribution in [0.25, 0.3) is 0 Å². The molecule has 6 aliphatic carbocycles. The maximum atomic E-state index is 13.8. The summed E-state index contributed by atoms with van der Waals surface area (Å²) in [6.07, 6.45) is 3.64. The zero-order valence-electron chi connectivity index (χ0n) is 40.3. The Labute approximate surface area is 382 Å². The van der Waals surface area contributed by atoms with Gasteiger partial charge in [-0.15, -0.1) is 0 Å². The van der Waals surface area contributed by atoms with Gasteiger partial charge >= 0.3 is 23.9 Å². The van der Waals surface area contributed by atoms with Crippen LogP contribution in [0.15, 0.2) is 34.4 Å². The van der Waals surface area contributed by atoms with Gasteiger partial charge in [0, 0.05) is 77.1 Å². The Hall–Kier alpha value is -3.43. The summed E-state index contributed by atoms with van der Waals surface area (Å²) >= 11 is 0. The van der Waals surface area contributed by atoms with Crippen molar-refractivity contribution in [1.82, 2.24) is 0 Å². The van der Waals surface area contributed by atoms with Crippen molar-refractivity contribution in [3.8, 4) is 0 Å². The van der Waals surface area contributed by atoms with E-state index in [9.17, 15) is 29.1 Å². The van der Waals surface area contributed by atoms with Crippen LogP contribution >= 0.6 is 0 Å². The van der Waals surface area contributed by atoms with Gasteiger partial charge in [-0.25, -0.2) is 4.79 Å². The molecule has 0 radical (unpaired) electrons. The number of rotatable bonds is 7. The van der Waals surface area contributed by atoms with Crippen LogP contribution in [0.1, 0.15) is 141 Å². The molecule has 14 heteroatoms. The van der Waals surface area contributed by atoms with Gasteiger partial charge in [-0.3, -0.25) is 19.2 Å². The number of ether oxygens (including phenoxy) is 8. The summed E-state index contributed by atoms with van der Waals surface area (Å²) in [6, 6.07) is 0. The lowest BCUT2D eigenvalue weighted by atomic mass is 9.46. The number of cyclic esters (lactones) is 1. The van der Waals surface area contributed by atoms with E-state index in [-0.39, 0.29) is 34.8 Å². The topological polar surface area (TPSA) is 179 Å². The molecule has 3 saturated carbocycles. The highest BCUT2D eigenvalue weighted by atomic mass is 16.9. The van der Waals surface area contributed by atoms with Crippen LogP contribution in [0.3, 0.4) is 0 Å². The van der Waals surface area contributed by atoms with E-state index in [0.29, 0.717) is 42.3 Å². The molecule has 0 bridgehead atoms. The molecular formula is C51H70O14. The lowest BCUT2D eigenvalue weighted by Gasteiger charge is -2.61. The number of carbonyl (C=O) groups is 5. The van der Waals surface area contributed by atoms with Crippen molar-refractivity contribution in [2.45, 2.75) is 195 Å². The van der Waals surface area contributed by atoms with Gasteiger partial charge in [0.2, 0.25) is 0 Å². The highest BCUT2D eigenvalue weighted by molar-refractivity contribution is 5.94. The van der Waals surface area contributed by atoms with E-state index in [1.54, 1.807) is 6.08 Å². The number of carbonyl (C=O) groups excluding carboxylic acids is 5. The summed E-state index contributed by atoms with van der Waals surface area (Å²) in [6.45, 7) is 22.9. The van der Waals surface area contributed by atoms with Crippen LogP contribution < -0.4 is 0 Å². The van der Waals surface area contributed by atoms with Gasteiger partial charge in [0.15, 0.2) is 36.4 Å². The molecule has 3 aliphatic heterocycles. The number of aliphatic hydroxyl groups is 1. The monoisotopic (exact) mass is 906 g/mol. The van der Waals surface area contributed by atoms with Crippen LogP contribution in [-0.4, -0.2) is 96.4 Å². The minimum absolute atomic E-state index is 0.0443. The predicted molar refractivity (Wildman–Crippen MR) is 232 cm³/mol. The molecule has 3 unspecified atom stereocenters. The summed E-state index contributed by atoms with van der Waals surface area (Å²) < 4.78 is 53.2. The number of aldehydes is 1. The van der Waals surface area contributed by atoms with E-state index in [1.165, 1.54) is 20.8 Å². The molecule has 0 aromatic rings. The summed E-state index contributed by atoms with van der Waals surface area (Å²) in [5.41, 5.74) is -5.56. The van der Waals surface area contributed by atoms with Crippen molar-refractivity contribution >= 4 is 30.2 Å². The number of fused-ring (bicyclic) bond motifs is 4. The molecule has 0 aromatic carbocycles. The maximum absolute atomic E-state index is 13.8. The standard InChI is InChI=1S/C51H70O14/c1-26(53)59-32-22-30(50(57,25-52)48(11)20-14-17-44(4,5)37(32)48)42-64-43-51(65-42)31(23-33(60-27(2)54)38-45(6,7)18-15-21-49(38,51)12)41(63-43)62-35-29-24-58-40(56)34(29)47(10)19-13-16-46(8,9)39(47)36(35)61-28(3)55/h22-23,25,32-33,35-39,41-43,57H,13-21,24H2,1-12H3/t32-,33-,35+,36-,37?,38?,39?,41+,42+,43+,47-,48+,49+,50-,51+/m1/s1. The lowest BCUT2D eigenvalue weighted by molar-refractivity contribution is -0.243. The Kier molecular flexibility index (Phi) is 10.8. The van der Waals surface area contributed by atoms with E-state index in [0.717, 1.165) is 38.5 Å². The molecule has 358 valence electrons. The Morgan fingerprint density at radius 3 is 1.78 bits per heavy atom. The molecular weight excluding hydrogens is 837 g/mol. The fourth-order valence-corrected chi connectivity index (χ4v) is 16.4. The van der Waals surface area contributed by atoms with Gasteiger partial charge in [-0.05, 0) is 66.9 Å². The Morgan fingerprint density at radius 1 is 0.692 bits per heavy atom. The SMILES string of the molecule is CC(=O)O[C@@H]1C=C([C@H]2O[C@@H]3O[C@H](O[C@H]4C5=C(C(=O)OC5)[C@@]5(C)CCCC(C)(C)C5[C@@H]4OC(C)=O)C4=C[C@@H](OC(C)=O)C5C(C)(C)CCC[C@]5(C)[C@]43O2)[C@](O)(C=O)[C@@]2(C)CCCC(C)(C)C12. The van der Waals surface area contributed by atoms with Crippen LogP contribution in [0, 0.1) is 50.2 Å². The highest BCUT2D eigenvalue weighted by Gasteiger charge is 2.78. The molecule has 0 amide bonds. The molecule has 3 heterocycles. The number of esters is 4. The minimum atomic E-state index is -2.09. The number of hydrogen-bond donors (Lipinski definition) is 1. The van der Waals surface area contributed by atoms with E-state index in [4.69, 9.17) is 37.9 Å². The first kappa shape index (κ1) is 46.7. The molecule has 9 rings (SSSR count). The molecule has 5 fully saturated rings. The van der Waals surface area contributed by atoms with Crippen molar-refractivity contribution < 1.29 is 67.0 Å². The smallest absolute Gasteiger partial charge is 0.335 e. The fourth-order valence-electron chi connectivity index (χ4n) is 16.4. The Bertz CT molecular complexity index is 2170. The van der Waals surface area contributed by atoms with Crippen LogP contribution in [-0.2, 0) is 61.9 Å². The summed E-state index contributed by atoms with van der Waals surface area (Å²) in [5, 5.41) is 13.0. The Morgan fingerprint density at radius 2 is 1.22 bits per heavy atom. The molecule has 14 nitrogen and oxygen atoms in total. The normalized spacial score (nSPS) is 46.4. The second-order valence-corrected chi connectivity index (χ2v) is 23.7. The average Bonchev–Trinajstić information content (AvgIpc) is 3.83. The molecule has 65 heavy (non-hydrogen) atoms. The third-order valence-corrected chi connectivity index (χ3v) is 18.5. The molecule has 2 saturated heterocycles. The molecule has 0 aromatic heterocycles. The minimum Gasteiger partial charge on any atom is -0.459 e. The zero-order chi connectivity index (χ0) is 47.2. The van der Waals surface area contributed by atoms with Gasteiger partial charge in [0.25, 0.3) is 0 Å². The molecule has 15 atom stereocenters. The van der Waals surface area contributed by atoms with Crippen molar-refractivity contribution in [2.75, 3.05) is 6.61 Å². The second kappa shape index (κ2) is 15.0. The van der Waals surface area contributed by atoms with E-state index >= 15 is 0 Å². The average molecular weight is 907 g/mol.